The lowest BCUT2D eigenvalue weighted by Gasteiger charge is -2.10. The van der Waals surface area contributed by atoms with Crippen LogP contribution in [0.2, 0.25) is 0 Å². The standard InChI is InChI=1S/C27H26N4O4/c1-31(2)14-15-35-30-26(33)20-9-11-21(12-10-20)28-25(19-6-4-3-5-7-19)24-22-13-8-18(17-32)16-23(22)29-27(24)34/h3-13,16-17,29,34H,14-15H2,1-2H3,(H,30,33). The van der Waals surface area contributed by atoms with Crippen LogP contribution in [0, 0.1) is 0 Å². The quantitative estimate of drug-likeness (QED) is 0.148. The third-order valence-corrected chi connectivity index (χ3v) is 5.40. The number of nitrogens with zero attached hydrogens (tertiary/aromatic N) is 2. The Labute approximate surface area is 202 Å². The number of carbonyl (C=O) groups excluding carboxylic acids is 2. The highest BCUT2D eigenvalue weighted by atomic mass is 16.6. The molecule has 0 radical (unpaired) electrons. The van der Waals surface area contributed by atoms with E-state index >= 15 is 0 Å². The van der Waals surface area contributed by atoms with Gasteiger partial charge in [0.1, 0.15) is 6.29 Å². The molecule has 1 amide bonds. The molecule has 8 heteroatoms. The number of fused-ring (bicyclic) bond motifs is 1. The van der Waals surface area contributed by atoms with Gasteiger partial charge in [-0.05, 0) is 44.4 Å². The maximum atomic E-state index is 12.3. The minimum Gasteiger partial charge on any atom is -0.494 e. The Morgan fingerprint density at radius 3 is 2.49 bits per heavy atom. The van der Waals surface area contributed by atoms with Crippen molar-refractivity contribution in [2.24, 2.45) is 4.99 Å². The van der Waals surface area contributed by atoms with Gasteiger partial charge in [-0.2, -0.15) is 0 Å². The van der Waals surface area contributed by atoms with Gasteiger partial charge in [-0.3, -0.25) is 14.4 Å². The first-order valence-electron chi connectivity index (χ1n) is 11.1. The summed E-state index contributed by atoms with van der Waals surface area (Å²) >= 11 is 0. The molecule has 0 fully saturated rings. The van der Waals surface area contributed by atoms with Crippen LogP contribution < -0.4 is 5.48 Å². The number of H-pyrrole nitrogens is 1. The molecule has 0 saturated carbocycles. The number of hydroxylamine groups is 1. The van der Waals surface area contributed by atoms with Gasteiger partial charge >= 0.3 is 0 Å². The molecular weight excluding hydrogens is 444 g/mol. The molecule has 178 valence electrons. The van der Waals surface area contributed by atoms with Crippen molar-refractivity contribution in [1.82, 2.24) is 15.4 Å². The molecule has 4 rings (SSSR count). The Kier molecular flexibility index (Phi) is 7.35. The lowest BCUT2D eigenvalue weighted by molar-refractivity contribution is 0.0263. The van der Waals surface area contributed by atoms with E-state index in [1.165, 1.54) is 0 Å². The summed E-state index contributed by atoms with van der Waals surface area (Å²) in [5.74, 6) is -0.389. The van der Waals surface area contributed by atoms with Gasteiger partial charge in [-0.25, -0.2) is 10.5 Å². The predicted octanol–water partition coefficient (Wildman–Crippen LogP) is 4.08. The van der Waals surface area contributed by atoms with Crippen LogP contribution in [0.4, 0.5) is 5.69 Å². The van der Waals surface area contributed by atoms with E-state index in [1.54, 1.807) is 42.5 Å². The summed E-state index contributed by atoms with van der Waals surface area (Å²) in [6.45, 7) is 1.07. The summed E-state index contributed by atoms with van der Waals surface area (Å²) in [6.07, 6.45) is 0.758. The van der Waals surface area contributed by atoms with Crippen LogP contribution in [0.3, 0.4) is 0 Å². The van der Waals surface area contributed by atoms with Crippen LogP contribution in [0.1, 0.15) is 31.8 Å². The predicted molar refractivity (Wildman–Crippen MR) is 136 cm³/mol. The Balaban J connectivity index is 1.66. The van der Waals surface area contributed by atoms with Gasteiger partial charge in [0.2, 0.25) is 0 Å². The van der Waals surface area contributed by atoms with Crippen LogP contribution in [0.25, 0.3) is 10.9 Å². The van der Waals surface area contributed by atoms with Gasteiger partial charge in [0, 0.05) is 34.1 Å². The number of aromatic hydroxyl groups is 1. The Morgan fingerprint density at radius 2 is 1.80 bits per heavy atom. The van der Waals surface area contributed by atoms with Crippen molar-refractivity contribution in [2.75, 3.05) is 27.2 Å². The zero-order valence-corrected chi connectivity index (χ0v) is 19.5. The summed E-state index contributed by atoms with van der Waals surface area (Å²) in [5, 5.41) is 11.5. The molecule has 0 aliphatic rings. The number of hydrogen-bond acceptors (Lipinski definition) is 6. The third-order valence-electron chi connectivity index (χ3n) is 5.40. The second kappa shape index (κ2) is 10.8. The summed E-state index contributed by atoms with van der Waals surface area (Å²) in [4.78, 5) is 38.4. The SMILES string of the molecule is CN(C)CCONC(=O)c1ccc(N=C(c2ccccc2)c2c(O)[nH]c3cc(C=O)ccc23)cc1. The molecule has 0 unspecified atom stereocenters. The third kappa shape index (κ3) is 5.63. The minimum absolute atomic E-state index is 0.0449. The number of rotatable bonds is 9. The maximum Gasteiger partial charge on any atom is 0.274 e. The number of nitrogens with one attached hydrogen (secondary N) is 2. The van der Waals surface area contributed by atoms with E-state index in [2.05, 4.69) is 10.5 Å². The van der Waals surface area contributed by atoms with E-state index in [0.29, 0.717) is 46.8 Å². The van der Waals surface area contributed by atoms with E-state index < -0.39 is 0 Å². The average molecular weight is 471 g/mol. The van der Waals surface area contributed by atoms with Crippen molar-refractivity contribution in [2.45, 2.75) is 0 Å². The molecule has 3 aromatic carbocycles. The summed E-state index contributed by atoms with van der Waals surface area (Å²) in [6, 6.07) is 21.5. The summed E-state index contributed by atoms with van der Waals surface area (Å²) < 4.78 is 0. The molecular formula is C27H26N4O4. The Bertz CT molecular complexity index is 1360. The number of hydrogen-bond donors (Lipinski definition) is 3. The van der Waals surface area contributed by atoms with Crippen molar-refractivity contribution >= 4 is 34.5 Å². The van der Waals surface area contributed by atoms with Gasteiger partial charge < -0.3 is 15.0 Å². The fourth-order valence-electron chi connectivity index (χ4n) is 3.59. The number of aromatic amines is 1. The number of amides is 1. The lowest BCUT2D eigenvalue weighted by Crippen LogP contribution is -2.28. The Hall–Kier alpha value is -4.27. The first-order valence-corrected chi connectivity index (χ1v) is 11.1. The zero-order chi connectivity index (χ0) is 24.8. The van der Waals surface area contributed by atoms with Crippen molar-refractivity contribution in [3.05, 3.63) is 95.1 Å². The van der Waals surface area contributed by atoms with Gasteiger partial charge in [0.25, 0.3) is 5.91 Å². The van der Waals surface area contributed by atoms with E-state index in [4.69, 9.17) is 9.83 Å². The van der Waals surface area contributed by atoms with Crippen LogP contribution >= 0.6 is 0 Å². The first-order chi connectivity index (χ1) is 17.0. The Morgan fingerprint density at radius 1 is 1.06 bits per heavy atom. The molecule has 8 nitrogen and oxygen atoms in total. The summed E-state index contributed by atoms with van der Waals surface area (Å²) in [5.41, 5.74) is 6.50. The molecule has 35 heavy (non-hydrogen) atoms. The molecule has 0 bridgehead atoms. The van der Waals surface area contributed by atoms with Crippen molar-refractivity contribution < 1.29 is 19.5 Å². The van der Waals surface area contributed by atoms with Crippen LogP contribution in [0.15, 0.2) is 77.8 Å². The largest absolute Gasteiger partial charge is 0.494 e. The molecule has 4 aromatic rings. The topological polar surface area (TPSA) is 107 Å². The van der Waals surface area contributed by atoms with Crippen LogP contribution in [-0.4, -0.2) is 60.1 Å². The molecule has 0 saturated heterocycles. The zero-order valence-electron chi connectivity index (χ0n) is 19.5. The van der Waals surface area contributed by atoms with Crippen LogP contribution in [-0.2, 0) is 4.84 Å². The summed E-state index contributed by atoms with van der Waals surface area (Å²) in [7, 11) is 3.85. The fourth-order valence-corrected chi connectivity index (χ4v) is 3.59. The first kappa shape index (κ1) is 23.9. The molecule has 0 aliphatic heterocycles. The average Bonchev–Trinajstić information content (AvgIpc) is 3.20. The van der Waals surface area contributed by atoms with E-state index in [1.807, 2.05) is 49.3 Å². The van der Waals surface area contributed by atoms with Crippen molar-refractivity contribution in [1.29, 1.82) is 0 Å². The monoisotopic (exact) mass is 470 g/mol. The molecule has 3 N–H and O–H groups in total. The second-order valence-electron chi connectivity index (χ2n) is 8.23. The molecule has 1 heterocycles. The molecule has 0 aliphatic carbocycles. The molecule has 0 atom stereocenters. The maximum absolute atomic E-state index is 12.3. The van der Waals surface area contributed by atoms with Crippen LogP contribution in [0.5, 0.6) is 5.88 Å². The van der Waals surface area contributed by atoms with Crippen molar-refractivity contribution in [3.63, 3.8) is 0 Å². The van der Waals surface area contributed by atoms with Gasteiger partial charge in [0.15, 0.2) is 5.88 Å². The smallest absolute Gasteiger partial charge is 0.274 e. The van der Waals surface area contributed by atoms with E-state index in [9.17, 15) is 14.7 Å². The number of aliphatic imine (C=N–C) groups is 1. The number of aldehydes is 1. The second-order valence-corrected chi connectivity index (χ2v) is 8.23. The number of carbonyl (C=O) groups is 2. The van der Waals surface area contributed by atoms with E-state index in [0.717, 1.165) is 17.2 Å². The van der Waals surface area contributed by atoms with Gasteiger partial charge in [0.05, 0.1) is 23.6 Å². The highest BCUT2D eigenvalue weighted by Gasteiger charge is 2.19. The lowest BCUT2D eigenvalue weighted by atomic mass is 10.00. The highest BCUT2D eigenvalue weighted by Crippen LogP contribution is 2.32. The van der Waals surface area contributed by atoms with Crippen molar-refractivity contribution in [3.8, 4) is 5.88 Å². The van der Waals surface area contributed by atoms with Gasteiger partial charge in [-0.1, -0.05) is 42.5 Å². The molecule has 0 spiro atoms. The fraction of sp³-hybridized carbons (Fsp3) is 0.148. The minimum atomic E-state index is -0.345. The number of likely N-dealkylation sites (N-methyl/N-ethyl adjacent to an activating group) is 1. The number of benzene rings is 3. The van der Waals surface area contributed by atoms with Gasteiger partial charge in [-0.15, -0.1) is 0 Å². The highest BCUT2D eigenvalue weighted by molar-refractivity contribution is 6.22. The van der Waals surface area contributed by atoms with E-state index in [-0.39, 0.29) is 11.8 Å². The normalized spacial score (nSPS) is 11.7. The molecule has 1 aromatic heterocycles. The number of aromatic nitrogens is 1.